The molecule has 0 amide bonds. The second-order valence-electron chi connectivity index (χ2n) is 8.72. The Labute approximate surface area is 184 Å². The van der Waals surface area contributed by atoms with Gasteiger partial charge >= 0.3 is 6.16 Å². The highest BCUT2D eigenvalue weighted by molar-refractivity contribution is 7.91. The van der Waals surface area contributed by atoms with Crippen LogP contribution in [0.1, 0.15) is 44.6 Å². The van der Waals surface area contributed by atoms with Gasteiger partial charge in [0.2, 0.25) is 0 Å². The van der Waals surface area contributed by atoms with E-state index in [0.717, 1.165) is 28.0 Å². The summed E-state index contributed by atoms with van der Waals surface area (Å²) in [6.45, 7) is 2.67. The van der Waals surface area contributed by atoms with Crippen LogP contribution in [-0.2, 0) is 26.0 Å². The number of nitrogens with zero attached hydrogens (tertiary/aromatic N) is 4. The second kappa shape index (κ2) is 7.61. The monoisotopic (exact) mass is 463 g/mol. The van der Waals surface area contributed by atoms with E-state index in [2.05, 4.69) is 20.6 Å². The Morgan fingerprint density at radius 2 is 2.09 bits per heavy atom. The molecule has 2 N–H and O–H groups in total. The fourth-order valence-corrected chi connectivity index (χ4v) is 6.24. The van der Waals surface area contributed by atoms with Crippen LogP contribution in [0.4, 0.5) is 10.5 Å². The summed E-state index contributed by atoms with van der Waals surface area (Å²) >= 11 is 0. The molecule has 1 saturated carbocycles. The number of aromatic nitrogens is 3. The number of pyridine rings is 1. The van der Waals surface area contributed by atoms with E-state index in [1.165, 1.54) is 0 Å². The fourth-order valence-electron chi connectivity index (χ4n) is 4.75. The van der Waals surface area contributed by atoms with Gasteiger partial charge in [0.1, 0.15) is 15.9 Å². The first-order valence-corrected chi connectivity index (χ1v) is 12.6. The van der Waals surface area contributed by atoms with Crippen molar-refractivity contribution in [2.75, 3.05) is 16.8 Å². The molecule has 172 valence electrons. The van der Waals surface area contributed by atoms with E-state index < -0.39 is 21.6 Å². The van der Waals surface area contributed by atoms with Crippen LogP contribution in [0.5, 0.6) is 0 Å². The molecule has 12 heteroatoms. The number of fused-ring (bicyclic) bond motifs is 1. The van der Waals surface area contributed by atoms with Gasteiger partial charge in [-0.2, -0.15) is 5.10 Å². The zero-order valence-electron chi connectivity index (χ0n) is 17.7. The molecule has 11 nitrogen and oxygen atoms in total. The Bertz CT molecular complexity index is 1190. The summed E-state index contributed by atoms with van der Waals surface area (Å²) in [6, 6.07) is 0.0155. The van der Waals surface area contributed by atoms with Crippen LogP contribution < -0.4 is 5.32 Å². The molecule has 0 unspecified atom stereocenters. The van der Waals surface area contributed by atoms with Crippen molar-refractivity contribution < 1.29 is 27.9 Å². The largest absolute Gasteiger partial charge is 0.506 e. The topological polar surface area (TPSA) is 145 Å². The van der Waals surface area contributed by atoms with Crippen molar-refractivity contribution in [3.05, 3.63) is 18.0 Å². The fraction of sp³-hybridized carbons (Fsp3) is 0.600. The van der Waals surface area contributed by atoms with E-state index in [-0.39, 0.29) is 23.7 Å². The third-order valence-electron chi connectivity index (χ3n) is 6.49. The lowest BCUT2D eigenvalue weighted by molar-refractivity contribution is -0.143. The van der Waals surface area contributed by atoms with Crippen LogP contribution in [-0.4, -0.2) is 69.4 Å². The first-order valence-electron chi connectivity index (χ1n) is 10.7. The summed E-state index contributed by atoms with van der Waals surface area (Å²) < 4.78 is 30.3. The van der Waals surface area contributed by atoms with Crippen LogP contribution in [0.2, 0.25) is 0 Å². The number of oxime groups is 1. The van der Waals surface area contributed by atoms with Gasteiger partial charge in [-0.1, -0.05) is 5.16 Å². The number of hydrogen-bond donors (Lipinski definition) is 2. The molecule has 2 aromatic rings. The predicted molar refractivity (Wildman–Crippen MR) is 116 cm³/mol. The minimum absolute atomic E-state index is 0.0155. The molecular formula is C20H25N5O6S. The maximum Gasteiger partial charge on any atom is 0.506 e. The van der Waals surface area contributed by atoms with Crippen molar-refractivity contribution >= 4 is 38.4 Å². The van der Waals surface area contributed by atoms with Gasteiger partial charge in [-0.05, 0) is 19.8 Å². The Hall–Kier alpha value is -2.89. The summed E-state index contributed by atoms with van der Waals surface area (Å²) in [5.41, 5.74) is 2.55. The molecule has 2 fully saturated rings. The quantitative estimate of drug-likeness (QED) is 0.637. The lowest BCUT2D eigenvalue weighted by Gasteiger charge is -2.40. The number of rotatable bonds is 5. The summed E-state index contributed by atoms with van der Waals surface area (Å²) in [5.74, 6) is 0.334. The molecule has 1 spiro atoms. The van der Waals surface area contributed by atoms with Crippen LogP contribution in [0.3, 0.4) is 0 Å². The first kappa shape index (κ1) is 21.0. The van der Waals surface area contributed by atoms with Gasteiger partial charge in [-0.25, -0.2) is 22.9 Å². The van der Waals surface area contributed by atoms with Crippen LogP contribution in [0, 0.1) is 0 Å². The molecule has 1 aliphatic carbocycles. The minimum atomic E-state index is -2.97. The molecule has 0 aromatic carbocycles. The number of hydrogen-bond acceptors (Lipinski definition) is 9. The Morgan fingerprint density at radius 1 is 1.34 bits per heavy atom. The van der Waals surface area contributed by atoms with Crippen molar-refractivity contribution in [2.45, 2.75) is 63.3 Å². The number of aryl methyl sites for hydroxylation is 1. The van der Waals surface area contributed by atoms with E-state index in [4.69, 9.17) is 14.7 Å². The number of carboxylic acid groups (broad SMARTS) is 1. The predicted octanol–water partition coefficient (Wildman–Crippen LogP) is 2.16. The van der Waals surface area contributed by atoms with Gasteiger partial charge < -0.3 is 20.0 Å². The highest BCUT2D eigenvalue weighted by Gasteiger charge is 2.53. The molecule has 4 heterocycles. The summed E-state index contributed by atoms with van der Waals surface area (Å²) in [5, 5.41) is 21.9. The van der Waals surface area contributed by atoms with Gasteiger partial charge in [0, 0.05) is 43.6 Å². The summed E-state index contributed by atoms with van der Waals surface area (Å²) in [4.78, 5) is 21.1. The molecule has 2 aromatic heterocycles. The average molecular weight is 464 g/mol. The number of nitrogens with one attached hydrogen (secondary N) is 1. The second-order valence-corrected chi connectivity index (χ2v) is 11.0. The van der Waals surface area contributed by atoms with Gasteiger partial charge in [-0.15, -0.1) is 0 Å². The molecule has 0 radical (unpaired) electrons. The Balaban J connectivity index is 1.42. The van der Waals surface area contributed by atoms with E-state index in [9.17, 15) is 13.2 Å². The van der Waals surface area contributed by atoms with Crippen LogP contribution >= 0.6 is 0 Å². The average Bonchev–Trinajstić information content (AvgIpc) is 3.34. The van der Waals surface area contributed by atoms with E-state index in [1.54, 1.807) is 12.4 Å². The first-order chi connectivity index (χ1) is 15.3. The number of anilines is 1. The normalized spacial score (nSPS) is 22.3. The molecule has 5 rings (SSSR count). The van der Waals surface area contributed by atoms with E-state index >= 15 is 0 Å². The molecule has 3 aliphatic rings. The number of carbonyl (C=O) groups is 1. The van der Waals surface area contributed by atoms with Crippen molar-refractivity contribution in [3.8, 4) is 0 Å². The van der Waals surface area contributed by atoms with Gasteiger partial charge in [0.15, 0.2) is 11.2 Å². The third-order valence-corrected chi connectivity index (χ3v) is 8.20. The van der Waals surface area contributed by atoms with Crippen LogP contribution in [0.25, 0.3) is 11.0 Å². The molecule has 0 atom stereocenters. The van der Waals surface area contributed by atoms with Crippen molar-refractivity contribution in [1.82, 2.24) is 14.8 Å². The molecule has 0 bridgehead atoms. The zero-order valence-corrected chi connectivity index (χ0v) is 18.5. The smallest absolute Gasteiger partial charge is 0.450 e. The maximum atomic E-state index is 11.8. The van der Waals surface area contributed by atoms with Crippen LogP contribution in [0.15, 0.2) is 17.5 Å². The summed E-state index contributed by atoms with van der Waals surface area (Å²) in [7, 11) is -2.97. The SMILES string of the molecule is CCn1ncc2c(NC3CCS(=O)(=O)CC3)c(C3=NOC4(C3)CC(OC(=O)O)C4)cnc21. The van der Waals surface area contributed by atoms with Crippen molar-refractivity contribution in [3.63, 3.8) is 0 Å². The zero-order chi connectivity index (χ0) is 22.5. The van der Waals surface area contributed by atoms with Crippen molar-refractivity contribution in [2.24, 2.45) is 5.16 Å². The lowest BCUT2D eigenvalue weighted by Crippen LogP contribution is -2.49. The standard InChI is InChI=1S/C20H25N5O6S/c1-2-25-18-15(11-22-25)17(23-12-3-5-32(28,29)6-4-12)14(10-21-18)16-9-20(31-24-16)7-13(8-20)30-19(26)27/h10-13H,2-9H2,1H3,(H,21,23)(H,26,27). The van der Waals surface area contributed by atoms with Gasteiger partial charge in [0.05, 0.1) is 34.5 Å². The molecule has 32 heavy (non-hydrogen) atoms. The highest BCUT2D eigenvalue weighted by atomic mass is 32.2. The highest BCUT2D eigenvalue weighted by Crippen LogP contribution is 2.46. The maximum absolute atomic E-state index is 11.8. The van der Waals surface area contributed by atoms with Gasteiger partial charge in [-0.3, -0.25) is 0 Å². The number of ether oxygens (including phenoxy) is 1. The van der Waals surface area contributed by atoms with E-state index in [1.807, 2.05) is 11.6 Å². The van der Waals surface area contributed by atoms with E-state index in [0.29, 0.717) is 38.6 Å². The Morgan fingerprint density at radius 3 is 2.78 bits per heavy atom. The minimum Gasteiger partial charge on any atom is -0.450 e. The molecule has 2 aliphatic heterocycles. The molecule has 1 saturated heterocycles. The number of sulfone groups is 1. The third kappa shape index (κ3) is 3.76. The summed E-state index contributed by atoms with van der Waals surface area (Å²) in [6.07, 6.45) is 4.36. The van der Waals surface area contributed by atoms with Crippen molar-refractivity contribution in [1.29, 1.82) is 0 Å². The Kier molecular flexibility index (Phi) is 4.99. The molecular weight excluding hydrogens is 438 g/mol. The lowest BCUT2D eigenvalue weighted by atomic mass is 9.74. The van der Waals surface area contributed by atoms with Gasteiger partial charge in [0.25, 0.3) is 0 Å².